The number of carbonyl (C=O) groups is 1. The first-order chi connectivity index (χ1) is 4.18. The van der Waals surface area contributed by atoms with E-state index in [0.717, 1.165) is 19.3 Å². The molecule has 1 radical (unpaired) electrons. The Morgan fingerprint density at radius 1 is 1.60 bits per heavy atom. The van der Waals surface area contributed by atoms with Crippen molar-refractivity contribution in [1.82, 2.24) is 0 Å². The van der Waals surface area contributed by atoms with E-state index in [0.29, 0.717) is 11.7 Å². The summed E-state index contributed by atoms with van der Waals surface area (Å²) in [6.45, 7) is 4.22. The van der Waals surface area contributed by atoms with Crippen molar-refractivity contribution in [2.24, 2.45) is 5.92 Å². The van der Waals surface area contributed by atoms with Gasteiger partial charge in [0, 0.05) is 39.1 Å². The largest absolute Gasteiger partial charge is 0.309 e. The number of carbonyl (C=O) groups excluding carboxylic acids is 1. The Labute approximate surface area is 87.8 Å². The van der Waals surface area contributed by atoms with Gasteiger partial charge in [0.25, 0.3) is 0 Å². The number of hydrogen-bond donors (Lipinski definition) is 0. The Balaban J connectivity index is 0.000000810. The van der Waals surface area contributed by atoms with E-state index in [4.69, 9.17) is 0 Å². The third-order valence-corrected chi connectivity index (χ3v) is 1.77. The van der Waals surface area contributed by atoms with E-state index in [2.05, 4.69) is 13.8 Å². The number of ketones is 1. The molecule has 1 atom stereocenters. The molecule has 0 aliphatic heterocycles. The predicted molar refractivity (Wildman–Crippen MR) is 36.9 cm³/mol. The van der Waals surface area contributed by atoms with Crippen LogP contribution in [0.5, 0.6) is 0 Å². The van der Waals surface area contributed by atoms with Gasteiger partial charge in [-0.1, -0.05) is 12.8 Å². The minimum atomic E-state index is 0. The normalized spacial score (nSPS) is 27.8. The van der Waals surface area contributed by atoms with Crippen LogP contribution in [0.1, 0.15) is 33.1 Å². The molecular weight excluding hydrogens is 201 g/mol. The van der Waals surface area contributed by atoms with Gasteiger partial charge in [-0.3, -0.25) is 0 Å². The molecule has 1 rings (SSSR count). The molecule has 0 saturated heterocycles. The van der Waals surface area contributed by atoms with Crippen molar-refractivity contribution in [1.29, 1.82) is 0 Å². The van der Waals surface area contributed by atoms with Gasteiger partial charge in [0.2, 0.25) is 0 Å². The molecule has 1 aliphatic rings. The fourth-order valence-corrected chi connectivity index (χ4v) is 1.54. The molecule has 0 aromatic rings. The number of hydrogen-bond acceptors (Lipinski definition) is 1. The van der Waals surface area contributed by atoms with Crippen molar-refractivity contribution < 1.29 is 37.5 Å². The van der Waals surface area contributed by atoms with Crippen molar-refractivity contribution in [2.45, 2.75) is 33.1 Å². The van der Waals surface area contributed by atoms with Gasteiger partial charge in [0.05, 0.1) is 0 Å². The van der Waals surface area contributed by atoms with E-state index in [1.165, 1.54) is 5.92 Å². The molecule has 0 spiro atoms. The van der Waals surface area contributed by atoms with Gasteiger partial charge in [-0.2, -0.15) is 13.3 Å². The van der Waals surface area contributed by atoms with Crippen LogP contribution in [-0.2, 0) is 37.5 Å². The van der Waals surface area contributed by atoms with Gasteiger partial charge in [-0.05, 0) is 0 Å². The minimum absolute atomic E-state index is 0. The van der Waals surface area contributed by atoms with Crippen LogP contribution < -0.4 is 0 Å². The van der Waals surface area contributed by atoms with Crippen molar-refractivity contribution in [3.05, 3.63) is 5.92 Å². The molecule has 0 bridgehead atoms. The summed E-state index contributed by atoms with van der Waals surface area (Å²) >= 11 is 0. The Bertz CT molecular complexity index is 110. The third kappa shape index (κ3) is 3.25. The molecule has 10 heavy (non-hydrogen) atoms. The fraction of sp³-hybridized carbons (Fsp3) is 0.750. The van der Waals surface area contributed by atoms with E-state index in [1.807, 2.05) is 0 Å². The van der Waals surface area contributed by atoms with Crippen LogP contribution >= 0.6 is 0 Å². The van der Waals surface area contributed by atoms with Gasteiger partial charge >= 0.3 is 0 Å². The molecule has 0 aromatic carbocycles. The average Bonchev–Trinajstić information content (AvgIpc) is 1.59. The Kier molecular flexibility index (Phi) is 4.97. The van der Waals surface area contributed by atoms with Crippen LogP contribution in [0.3, 0.4) is 0 Å². The summed E-state index contributed by atoms with van der Waals surface area (Å²) in [7, 11) is 0. The maximum Gasteiger partial charge on any atom is 0.103 e. The van der Waals surface area contributed by atoms with Gasteiger partial charge in [-0.25, -0.2) is 0 Å². The topological polar surface area (TPSA) is 17.1 Å². The zero-order valence-electron chi connectivity index (χ0n) is 6.68. The first-order valence-electron chi connectivity index (χ1n) is 3.51. The summed E-state index contributed by atoms with van der Waals surface area (Å²) in [5.74, 6) is 2.39. The summed E-state index contributed by atoms with van der Waals surface area (Å²) in [5, 5.41) is 0. The second kappa shape index (κ2) is 4.61. The van der Waals surface area contributed by atoms with Gasteiger partial charge in [0.15, 0.2) is 0 Å². The Morgan fingerprint density at radius 2 is 2.20 bits per heavy atom. The molecule has 1 unspecified atom stereocenters. The second-order valence-electron chi connectivity index (χ2n) is 3.19. The number of rotatable bonds is 0. The van der Waals surface area contributed by atoms with Gasteiger partial charge < -0.3 is 10.7 Å². The van der Waals surface area contributed by atoms with Crippen molar-refractivity contribution in [3.8, 4) is 0 Å². The van der Waals surface area contributed by atoms with Crippen LogP contribution in [0.2, 0.25) is 0 Å². The van der Waals surface area contributed by atoms with E-state index >= 15 is 0 Å². The monoisotopic (exact) mass is 214 g/mol. The molecule has 0 N–H and O–H groups in total. The van der Waals surface area contributed by atoms with Crippen LogP contribution in [-0.4, -0.2) is 5.78 Å². The minimum Gasteiger partial charge on any atom is -0.309 e. The predicted octanol–water partition coefficient (Wildman–Crippen LogP) is 1.97. The molecule has 0 heterocycles. The third-order valence-electron chi connectivity index (χ3n) is 1.77. The standard InChI is InChI=1S/C8H13O.Y/c1-6-3-7(2)5-8(9)4-6;/h6H,3-5H2,1-2H3;/q-1;. The van der Waals surface area contributed by atoms with Gasteiger partial charge in [-0.15, -0.1) is 6.42 Å². The molecule has 1 aliphatic carbocycles. The average molecular weight is 214 g/mol. The second-order valence-corrected chi connectivity index (χ2v) is 3.19. The fourth-order valence-electron chi connectivity index (χ4n) is 1.54. The first kappa shape index (κ1) is 10.8. The molecule has 0 aromatic heterocycles. The Morgan fingerprint density at radius 3 is 2.60 bits per heavy atom. The molecule has 55 valence electrons. The molecule has 1 nitrogen and oxygen atoms in total. The maximum absolute atomic E-state index is 10.9. The molecule has 1 fully saturated rings. The molecule has 1 saturated carbocycles. The first-order valence-corrected chi connectivity index (χ1v) is 3.51. The van der Waals surface area contributed by atoms with Crippen LogP contribution in [0, 0.1) is 11.8 Å². The Hall–Kier alpha value is 0.774. The molecule has 2 heteroatoms. The summed E-state index contributed by atoms with van der Waals surface area (Å²) in [5.41, 5.74) is 0. The van der Waals surface area contributed by atoms with E-state index in [-0.39, 0.29) is 32.7 Å². The van der Waals surface area contributed by atoms with E-state index in [1.54, 1.807) is 0 Å². The molecule has 0 amide bonds. The number of Topliss-reactive ketones (excluding diaryl/α,β-unsaturated/α-hetero) is 1. The summed E-state index contributed by atoms with van der Waals surface area (Å²) in [4.78, 5) is 10.9. The summed E-state index contributed by atoms with van der Waals surface area (Å²) < 4.78 is 0. The van der Waals surface area contributed by atoms with Crippen molar-refractivity contribution >= 4 is 5.78 Å². The SMILES string of the molecule is C[C-]1CC(=O)CC(C)C1.[Y]. The van der Waals surface area contributed by atoms with Crippen molar-refractivity contribution in [2.75, 3.05) is 0 Å². The van der Waals surface area contributed by atoms with E-state index < -0.39 is 0 Å². The van der Waals surface area contributed by atoms with Crippen LogP contribution in [0.15, 0.2) is 0 Å². The summed E-state index contributed by atoms with van der Waals surface area (Å²) in [6, 6.07) is 0. The maximum atomic E-state index is 10.9. The summed E-state index contributed by atoms with van der Waals surface area (Å²) in [6.07, 6.45) is 2.70. The zero-order valence-corrected chi connectivity index (χ0v) is 9.52. The van der Waals surface area contributed by atoms with Crippen LogP contribution in [0.25, 0.3) is 0 Å². The zero-order chi connectivity index (χ0) is 6.85. The van der Waals surface area contributed by atoms with Crippen LogP contribution in [0.4, 0.5) is 0 Å². The molecular formula is C8H13OY-. The van der Waals surface area contributed by atoms with Crippen molar-refractivity contribution in [3.63, 3.8) is 0 Å². The van der Waals surface area contributed by atoms with E-state index in [9.17, 15) is 4.79 Å². The quantitative estimate of drug-likeness (QED) is 0.563. The van der Waals surface area contributed by atoms with Gasteiger partial charge in [0.1, 0.15) is 5.78 Å². The smallest absolute Gasteiger partial charge is 0.103 e.